The number of aliphatic imine (C=N–C) groups is 1. The van der Waals surface area contributed by atoms with Crippen LogP contribution in [0, 0.1) is 0 Å². The third kappa shape index (κ3) is 4.21. The predicted octanol–water partition coefficient (Wildman–Crippen LogP) is 4.98. The van der Waals surface area contributed by atoms with Crippen LogP contribution in [0.5, 0.6) is 28.7 Å². The SMILES string of the molecule is COc1cc(CC2=NCCc3c2cc(-c2ccccc2)c(OC)c3OC)cc(OC)c1OC. The maximum atomic E-state index is 5.86. The zero-order valence-electron chi connectivity index (χ0n) is 19.7. The molecule has 0 saturated heterocycles. The number of rotatable bonds is 8. The zero-order valence-corrected chi connectivity index (χ0v) is 19.7. The smallest absolute Gasteiger partial charge is 0.203 e. The van der Waals surface area contributed by atoms with Crippen LogP contribution in [-0.2, 0) is 12.8 Å². The second-order valence-electron chi connectivity index (χ2n) is 7.67. The van der Waals surface area contributed by atoms with Crippen molar-refractivity contribution >= 4 is 5.71 Å². The van der Waals surface area contributed by atoms with Gasteiger partial charge in [-0.1, -0.05) is 30.3 Å². The minimum Gasteiger partial charge on any atom is -0.493 e. The molecule has 0 aromatic heterocycles. The van der Waals surface area contributed by atoms with Crippen molar-refractivity contribution < 1.29 is 23.7 Å². The predicted molar refractivity (Wildman–Crippen MR) is 130 cm³/mol. The average molecular weight is 448 g/mol. The Labute approximate surface area is 194 Å². The summed E-state index contributed by atoms with van der Waals surface area (Å²) in [5.74, 6) is 3.34. The molecule has 0 atom stereocenters. The summed E-state index contributed by atoms with van der Waals surface area (Å²) in [5.41, 5.74) is 6.25. The van der Waals surface area contributed by atoms with E-state index in [9.17, 15) is 0 Å². The van der Waals surface area contributed by atoms with Crippen molar-refractivity contribution in [1.82, 2.24) is 0 Å². The molecule has 6 heteroatoms. The molecular weight excluding hydrogens is 418 g/mol. The van der Waals surface area contributed by atoms with Crippen molar-refractivity contribution in [3.05, 3.63) is 65.2 Å². The third-order valence-corrected chi connectivity index (χ3v) is 5.90. The van der Waals surface area contributed by atoms with Gasteiger partial charge in [0.2, 0.25) is 5.75 Å². The van der Waals surface area contributed by atoms with Gasteiger partial charge in [-0.25, -0.2) is 0 Å². The summed E-state index contributed by atoms with van der Waals surface area (Å²) in [6.07, 6.45) is 1.41. The summed E-state index contributed by atoms with van der Waals surface area (Å²) in [7, 11) is 8.23. The van der Waals surface area contributed by atoms with E-state index in [2.05, 4.69) is 18.2 Å². The Morgan fingerprint density at radius 1 is 0.697 bits per heavy atom. The Kier molecular flexibility index (Phi) is 6.73. The van der Waals surface area contributed by atoms with Crippen molar-refractivity contribution in [1.29, 1.82) is 0 Å². The lowest BCUT2D eigenvalue weighted by Gasteiger charge is -2.24. The molecule has 0 bridgehead atoms. The molecule has 33 heavy (non-hydrogen) atoms. The van der Waals surface area contributed by atoms with E-state index in [1.807, 2.05) is 30.3 Å². The fourth-order valence-electron chi connectivity index (χ4n) is 4.40. The normalized spacial score (nSPS) is 12.5. The van der Waals surface area contributed by atoms with Gasteiger partial charge in [0, 0.05) is 35.4 Å². The molecule has 0 saturated carbocycles. The van der Waals surface area contributed by atoms with Crippen molar-refractivity contribution in [3.8, 4) is 39.9 Å². The highest BCUT2D eigenvalue weighted by Gasteiger charge is 2.26. The van der Waals surface area contributed by atoms with Crippen molar-refractivity contribution in [3.63, 3.8) is 0 Å². The molecule has 0 spiro atoms. The summed E-state index contributed by atoms with van der Waals surface area (Å²) in [4.78, 5) is 4.89. The summed E-state index contributed by atoms with van der Waals surface area (Å²) < 4.78 is 28.2. The van der Waals surface area contributed by atoms with E-state index >= 15 is 0 Å². The van der Waals surface area contributed by atoms with E-state index in [1.54, 1.807) is 35.5 Å². The van der Waals surface area contributed by atoms with Crippen molar-refractivity contribution in [2.24, 2.45) is 4.99 Å². The van der Waals surface area contributed by atoms with Crippen LogP contribution in [-0.4, -0.2) is 47.8 Å². The molecule has 1 aliphatic heterocycles. The summed E-state index contributed by atoms with van der Waals surface area (Å²) in [6, 6.07) is 16.3. The van der Waals surface area contributed by atoms with Gasteiger partial charge < -0.3 is 23.7 Å². The van der Waals surface area contributed by atoms with E-state index in [4.69, 9.17) is 28.7 Å². The molecule has 0 radical (unpaired) electrons. The van der Waals surface area contributed by atoms with Crippen LogP contribution in [0.15, 0.2) is 53.5 Å². The molecule has 0 unspecified atom stereocenters. The van der Waals surface area contributed by atoms with Crippen LogP contribution in [0.3, 0.4) is 0 Å². The molecule has 0 N–H and O–H groups in total. The molecule has 4 rings (SSSR count). The minimum absolute atomic E-state index is 0.576. The second-order valence-corrected chi connectivity index (χ2v) is 7.67. The van der Waals surface area contributed by atoms with Gasteiger partial charge in [-0.2, -0.15) is 0 Å². The maximum absolute atomic E-state index is 5.86. The van der Waals surface area contributed by atoms with Gasteiger partial charge in [0.15, 0.2) is 23.0 Å². The summed E-state index contributed by atoms with van der Waals surface area (Å²) in [5, 5.41) is 0. The Bertz CT molecular complexity index is 1150. The lowest BCUT2D eigenvalue weighted by Crippen LogP contribution is -2.17. The van der Waals surface area contributed by atoms with Crippen molar-refractivity contribution in [2.45, 2.75) is 12.8 Å². The number of nitrogens with zero attached hydrogens (tertiary/aromatic N) is 1. The molecule has 1 aliphatic rings. The monoisotopic (exact) mass is 447 g/mol. The molecule has 1 heterocycles. The summed E-state index contributed by atoms with van der Waals surface area (Å²) in [6.45, 7) is 0.691. The van der Waals surface area contributed by atoms with Gasteiger partial charge in [-0.05, 0) is 35.7 Å². The highest BCUT2D eigenvalue weighted by atomic mass is 16.5. The van der Waals surface area contributed by atoms with Gasteiger partial charge in [-0.15, -0.1) is 0 Å². The number of ether oxygens (including phenoxy) is 5. The largest absolute Gasteiger partial charge is 0.493 e. The zero-order chi connectivity index (χ0) is 23.4. The number of benzene rings is 3. The van der Waals surface area contributed by atoms with E-state index in [-0.39, 0.29) is 0 Å². The Hall–Kier alpha value is -3.67. The first kappa shape index (κ1) is 22.5. The van der Waals surface area contributed by atoms with Crippen LogP contribution in [0.1, 0.15) is 16.7 Å². The fourth-order valence-corrected chi connectivity index (χ4v) is 4.40. The standard InChI is InChI=1S/C27H29NO5/c1-29-23-14-17(15-24(30-2)27(23)33-5)13-22-21-16-20(18-9-7-6-8-10-18)26(32-4)25(31-3)19(21)11-12-28-22/h6-10,14-16H,11-13H2,1-5H3. The van der Waals surface area contributed by atoms with Crippen LogP contribution in [0.2, 0.25) is 0 Å². The second kappa shape index (κ2) is 9.86. The van der Waals surface area contributed by atoms with E-state index in [0.29, 0.717) is 30.2 Å². The molecule has 172 valence electrons. The highest BCUT2D eigenvalue weighted by molar-refractivity contribution is 6.06. The van der Waals surface area contributed by atoms with E-state index in [0.717, 1.165) is 51.4 Å². The lowest BCUT2D eigenvalue weighted by molar-refractivity contribution is 0.324. The fraction of sp³-hybridized carbons (Fsp3) is 0.296. The average Bonchev–Trinajstić information content (AvgIpc) is 2.87. The number of hydrogen-bond donors (Lipinski definition) is 0. The Morgan fingerprint density at radius 2 is 1.33 bits per heavy atom. The lowest BCUT2D eigenvalue weighted by atomic mass is 9.88. The topological polar surface area (TPSA) is 58.5 Å². The summed E-state index contributed by atoms with van der Waals surface area (Å²) >= 11 is 0. The first-order valence-corrected chi connectivity index (χ1v) is 10.8. The van der Waals surface area contributed by atoms with Crippen molar-refractivity contribution in [2.75, 3.05) is 42.1 Å². The van der Waals surface area contributed by atoms with Crippen LogP contribution < -0.4 is 23.7 Å². The third-order valence-electron chi connectivity index (χ3n) is 5.90. The highest BCUT2D eigenvalue weighted by Crippen LogP contribution is 2.44. The first-order chi connectivity index (χ1) is 16.1. The number of fused-ring (bicyclic) bond motifs is 1. The Balaban J connectivity index is 1.83. The van der Waals surface area contributed by atoms with Gasteiger partial charge in [-0.3, -0.25) is 4.99 Å². The van der Waals surface area contributed by atoms with Crippen LogP contribution >= 0.6 is 0 Å². The minimum atomic E-state index is 0.576. The van der Waals surface area contributed by atoms with E-state index in [1.165, 1.54) is 0 Å². The first-order valence-electron chi connectivity index (χ1n) is 10.8. The molecule has 0 amide bonds. The quantitative estimate of drug-likeness (QED) is 0.487. The van der Waals surface area contributed by atoms with Crippen LogP contribution in [0.4, 0.5) is 0 Å². The van der Waals surface area contributed by atoms with Gasteiger partial charge >= 0.3 is 0 Å². The Morgan fingerprint density at radius 3 is 1.91 bits per heavy atom. The molecule has 0 aliphatic carbocycles. The number of methoxy groups -OCH3 is 5. The molecule has 3 aromatic rings. The number of hydrogen-bond acceptors (Lipinski definition) is 6. The molecule has 6 nitrogen and oxygen atoms in total. The molecular formula is C27H29NO5. The molecule has 0 fully saturated rings. The van der Waals surface area contributed by atoms with Crippen LogP contribution in [0.25, 0.3) is 11.1 Å². The van der Waals surface area contributed by atoms with Gasteiger partial charge in [0.05, 0.1) is 35.5 Å². The van der Waals surface area contributed by atoms with Gasteiger partial charge in [0.25, 0.3) is 0 Å². The maximum Gasteiger partial charge on any atom is 0.203 e. The molecule has 3 aromatic carbocycles. The van der Waals surface area contributed by atoms with Gasteiger partial charge in [0.1, 0.15) is 0 Å². The van der Waals surface area contributed by atoms with E-state index < -0.39 is 0 Å².